The van der Waals surface area contributed by atoms with Gasteiger partial charge in [0.25, 0.3) is 0 Å². The Hall–Kier alpha value is -1.83. The number of rotatable bonds is 6. The lowest BCUT2D eigenvalue weighted by atomic mass is 10.1. The number of nitrogens with zero attached hydrogens (tertiary/aromatic N) is 2. The standard InChI is InChI=1S/C18H24N4O.HI/c1-4-19-18(20-12-15-10-8-14(2)9-11-15)21-13-16-6-5-7-17(22-16)23-3;/h5-11H,4,12-13H2,1-3H3,(H2,19,20,21);1H. The van der Waals surface area contributed by atoms with E-state index in [-0.39, 0.29) is 24.0 Å². The molecule has 1 heterocycles. The smallest absolute Gasteiger partial charge is 0.213 e. The van der Waals surface area contributed by atoms with Gasteiger partial charge in [-0.1, -0.05) is 35.9 Å². The number of benzene rings is 1. The minimum atomic E-state index is 0. The van der Waals surface area contributed by atoms with Crippen LogP contribution in [0, 0.1) is 6.92 Å². The van der Waals surface area contributed by atoms with Crippen molar-refractivity contribution in [3.05, 3.63) is 59.3 Å². The molecule has 0 bridgehead atoms. The van der Waals surface area contributed by atoms with Gasteiger partial charge in [0.2, 0.25) is 5.88 Å². The molecule has 5 nitrogen and oxygen atoms in total. The van der Waals surface area contributed by atoms with Crippen molar-refractivity contribution in [2.24, 2.45) is 4.99 Å². The Labute approximate surface area is 161 Å². The van der Waals surface area contributed by atoms with Crippen molar-refractivity contribution in [2.75, 3.05) is 13.7 Å². The van der Waals surface area contributed by atoms with Crippen LogP contribution in [-0.4, -0.2) is 24.6 Å². The van der Waals surface area contributed by atoms with E-state index in [0.717, 1.165) is 18.2 Å². The van der Waals surface area contributed by atoms with Crippen LogP contribution < -0.4 is 15.4 Å². The van der Waals surface area contributed by atoms with Gasteiger partial charge >= 0.3 is 0 Å². The molecule has 0 aliphatic heterocycles. The SMILES string of the molecule is CCNC(=NCc1ccc(C)cc1)NCc1cccc(OC)n1.I. The number of aliphatic imine (C=N–C) groups is 1. The molecule has 0 saturated heterocycles. The zero-order chi connectivity index (χ0) is 16.5. The maximum atomic E-state index is 5.14. The van der Waals surface area contributed by atoms with Crippen molar-refractivity contribution in [2.45, 2.75) is 26.9 Å². The third kappa shape index (κ3) is 6.74. The number of halogens is 1. The Morgan fingerprint density at radius 2 is 1.88 bits per heavy atom. The first kappa shape index (κ1) is 20.2. The van der Waals surface area contributed by atoms with Gasteiger partial charge in [-0.3, -0.25) is 0 Å². The molecule has 2 aromatic rings. The quantitative estimate of drug-likeness (QED) is 0.411. The Kier molecular flexibility index (Phi) is 9.14. The van der Waals surface area contributed by atoms with Crippen LogP contribution in [0.2, 0.25) is 0 Å². The molecule has 6 heteroatoms. The van der Waals surface area contributed by atoms with Gasteiger partial charge in [0.05, 0.1) is 25.9 Å². The molecule has 0 saturated carbocycles. The van der Waals surface area contributed by atoms with E-state index in [1.807, 2.05) is 25.1 Å². The molecule has 0 radical (unpaired) electrons. The first-order chi connectivity index (χ1) is 11.2. The summed E-state index contributed by atoms with van der Waals surface area (Å²) in [6.07, 6.45) is 0. The van der Waals surface area contributed by atoms with Crippen LogP contribution in [-0.2, 0) is 13.1 Å². The van der Waals surface area contributed by atoms with Crippen LogP contribution in [0.3, 0.4) is 0 Å². The van der Waals surface area contributed by atoms with Crippen molar-refractivity contribution in [3.63, 3.8) is 0 Å². The molecule has 0 fully saturated rings. The molecular formula is C18H25IN4O. The Bertz CT molecular complexity index is 644. The average Bonchev–Trinajstić information content (AvgIpc) is 2.59. The van der Waals surface area contributed by atoms with Crippen LogP contribution in [0.1, 0.15) is 23.7 Å². The summed E-state index contributed by atoms with van der Waals surface area (Å²) in [5.74, 6) is 1.39. The Morgan fingerprint density at radius 3 is 2.54 bits per heavy atom. The lowest BCUT2D eigenvalue weighted by Gasteiger charge is -2.11. The summed E-state index contributed by atoms with van der Waals surface area (Å²) in [5, 5.41) is 6.53. The highest BCUT2D eigenvalue weighted by atomic mass is 127. The highest BCUT2D eigenvalue weighted by molar-refractivity contribution is 14.0. The fourth-order valence-corrected chi connectivity index (χ4v) is 2.05. The van der Waals surface area contributed by atoms with Gasteiger partial charge in [0.1, 0.15) is 0 Å². The van der Waals surface area contributed by atoms with Gasteiger partial charge < -0.3 is 15.4 Å². The summed E-state index contributed by atoms with van der Waals surface area (Å²) in [5.41, 5.74) is 3.35. The summed E-state index contributed by atoms with van der Waals surface area (Å²) < 4.78 is 5.14. The monoisotopic (exact) mass is 440 g/mol. The van der Waals surface area contributed by atoms with Crippen LogP contribution in [0.5, 0.6) is 5.88 Å². The van der Waals surface area contributed by atoms with E-state index in [9.17, 15) is 0 Å². The highest BCUT2D eigenvalue weighted by Crippen LogP contribution is 2.06. The van der Waals surface area contributed by atoms with Gasteiger partial charge in [-0.25, -0.2) is 9.98 Å². The number of hydrogen-bond acceptors (Lipinski definition) is 3. The van der Waals surface area contributed by atoms with Crippen molar-refractivity contribution >= 4 is 29.9 Å². The molecule has 0 unspecified atom stereocenters. The van der Waals surface area contributed by atoms with Crippen molar-refractivity contribution < 1.29 is 4.74 Å². The van der Waals surface area contributed by atoms with E-state index in [2.05, 4.69) is 51.8 Å². The van der Waals surface area contributed by atoms with E-state index < -0.39 is 0 Å². The van der Waals surface area contributed by atoms with Gasteiger partial charge in [-0.05, 0) is 25.5 Å². The zero-order valence-corrected chi connectivity index (χ0v) is 16.7. The minimum Gasteiger partial charge on any atom is -0.481 e. The van der Waals surface area contributed by atoms with E-state index >= 15 is 0 Å². The largest absolute Gasteiger partial charge is 0.481 e. The number of guanidine groups is 1. The molecule has 0 spiro atoms. The second-order valence-electron chi connectivity index (χ2n) is 5.21. The van der Waals surface area contributed by atoms with Crippen LogP contribution in [0.15, 0.2) is 47.5 Å². The van der Waals surface area contributed by atoms with Crippen LogP contribution in [0.4, 0.5) is 0 Å². The lowest BCUT2D eigenvalue weighted by molar-refractivity contribution is 0.396. The summed E-state index contributed by atoms with van der Waals surface area (Å²) >= 11 is 0. The molecule has 130 valence electrons. The van der Waals surface area contributed by atoms with E-state index in [4.69, 9.17) is 4.74 Å². The van der Waals surface area contributed by atoms with Crippen molar-refractivity contribution in [1.82, 2.24) is 15.6 Å². The van der Waals surface area contributed by atoms with Crippen molar-refractivity contribution in [1.29, 1.82) is 0 Å². The first-order valence-corrected chi connectivity index (χ1v) is 7.79. The number of hydrogen-bond donors (Lipinski definition) is 2. The fraction of sp³-hybridized carbons (Fsp3) is 0.333. The van der Waals surface area contributed by atoms with Crippen molar-refractivity contribution in [3.8, 4) is 5.88 Å². The average molecular weight is 440 g/mol. The molecule has 1 aromatic heterocycles. The Balaban J connectivity index is 0.00000288. The number of pyridine rings is 1. The normalized spacial score (nSPS) is 10.7. The van der Waals surface area contributed by atoms with Crippen LogP contribution >= 0.6 is 24.0 Å². The molecule has 2 N–H and O–H groups in total. The third-order valence-corrected chi connectivity index (χ3v) is 3.31. The molecule has 2 rings (SSSR count). The molecule has 0 amide bonds. The molecule has 0 aliphatic rings. The van der Waals surface area contributed by atoms with E-state index in [1.54, 1.807) is 7.11 Å². The number of nitrogens with one attached hydrogen (secondary N) is 2. The molecule has 1 aromatic carbocycles. The predicted octanol–water partition coefficient (Wildman–Crippen LogP) is 3.27. The van der Waals surface area contributed by atoms with E-state index in [1.165, 1.54) is 11.1 Å². The highest BCUT2D eigenvalue weighted by Gasteiger charge is 2.01. The summed E-state index contributed by atoms with van der Waals surface area (Å²) in [6, 6.07) is 14.1. The van der Waals surface area contributed by atoms with E-state index in [0.29, 0.717) is 19.0 Å². The Morgan fingerprint density at radius 1 is 1.12 bits per heavy atom. The fourth-order valence-electron chi connectivity index (χ4n) is 2.05. The molecule has 0 atom stereocenters. The topological polar surface area (TPSA) is 58.5 Å². The number of methoxy groups -OCH3 is 1. The summed E-state index contributed by atoms with van der Waals surface area (Å²) in [7, 11) is 1.62. The number of ether oxygens (including phenoxy) is 1. The number of aryl methyl sites for hydroxylation is 1. The van der Waals surface area contributed by atoms with Gasteiger partial charge in [0, 0.05) is 12.6 Å². The second-order valence-corrected chi connectivity index (χ2v) is 5.21. The van der Waals surface area contributed by atoms with Crippen LogP contribution in [0.25, 0.3) is 0 Å². The first-order valence-electron chi connectivity index (χ1n) is 7.79. The lowest BCUT2D eigenvalue weighted by Crippen LogP contribution is -2.37. The molecular weight excluding hydrogens is 415 g/mol. The molecule has 0 aliphatic carbocycles. The zero-order valence-electron chi connectivity index (χ0n) is 14.4. The third-order valence-electron chi connectivity index (χ3n) is 3.31. The minimum absolute atomic E-state index is 0. The second kappa shape index (κ2) is 10.9. The predicted molar refractivity (Wildman–Crippen MR) is 109 cm³/mol. The maximum Gasteiger partial charge on any atom is 0.213 e. The van der Waals surface area contributed by atoms with Gasteiger partial charge in [-0.15, -0.1) is 24.0 Å². The van der Waals surface area contributed by atoms with Gasteiger partial charge in [0.15, 0.2) is 5.96 Å². The maximum absolute atomic E-state index is 5.14. The number of aromatic nitrogens is 1. The molecule has 24 heavy (non-hydrogen) atoms. The van der Waals surface area contributed by atoms with Gasteiger partial charge in [-0.2, -0.15) is 0 Å². The summed E-state index contributed by atoms with van der Waals surface area (Å²) in [4.78, 5) is 8.99. The summed E-state index contributed by atoms with van der Waals surface area (Å²) in [6.45, 7) is 6.18.